The third-order valence-corrected chi connectivity index (χ3v) is 5.82. The Morgan fingerprint density at radius 3 is 2.25 bits per heavy atom. The highest BCUT2D eigenvalue weighted by atomic mass is 35.5. The van der Waals surface area contributed by atoms with Gasteiger partial charge < -0.3 is 4.42 Å². The van der Waals surface area contributed by atoms with Crippen LogP contribution in [0.2, 0.25) is 5.02 Å². The van der Waals surface area contributed by atoms with Crippen molar-refractivity contribution in [3.8, 4) is 0 Å². The Morgan fingerprint density at radius 2 is 1.54 bits per heavy atom. The van der Waals surface area contributed by atoms with Crippen LogP contribution in [0, 0.1) is 0 Å². The van der Waals surface area contributed by atoms with Gasteiger partial charge in [0.05, 0.1) is 27.5 Å². The average Bonchev–Trinajstić information content (AvgIpc) is 3.14. The first-order chi connectivity index (χ1) is 13.4. The van der Waals surface area contributed by atoms with Gasteiger partial charge in [-0.25, -0.2) is 8.42 Å². The van der Waals surface area contributed by atoms with E-state index < -0.39 is 27.4 Å². The molecule has 0 aliphatic heterocycles. The quantitative estimate of drug-likeness (QED) is 0.619. The van der Waals surface area contributed by atoms with E-state index in [2.05, 4.69) is 10.9 Å². The minimum absolute atomic E-state index is 0.134. The smallest absolute Gasteiger partial charge is 0.305 e. The molecule has 0 fully saturated rings. The lowest BCUT2D eigenvalue weighted by atomic mass is 10.2. The van der Waals surface area contributed by atoms with Gasteiger partial charge in [-0.1, -0.05) is 41.9 Å². The molecular weight excluding hydrogens is 404 g/mol. The van der Waals surface area contributed by atoms with Gasteiger partial charge in [0.1, 0.15) is 0 Å². The SMILES string of the molecule is O=C(NNC(=O)c1occc1CS(=O)(=O)c1ccccc1)c1ccccc1Cl. The van der Waals surface area contributed by atoms with E-state index in [0.717, 1.165) is 0 Å². The van der Waals surface area contributed by atoms with E-state index in [1.807, 2.05) is 0 Å². The van der Waals surface area contributed by atoms with Gasteiger partial charge in [-0.05, 0) is 30.3 Å². The fourth-order valence-electron chi connectivity index (χ4n) is 2.45. The summed E-state index contributed by atoms with van der Waals surface area (Å²) < 4.78 is 30.1. The molecule has 28 heavy (non-hydrogen) atoms. The molecular formula is C19H15ClN2O5S. The Bertz CT molecular complexity index is 1110. The van der Waals surface area contributed by atoms with Crippen LogP contribution < -0.4 is 10.9 Å². The molecule has 3 aromatic rings. The van der Waals surface area contributed by atoms with Gasteiger partial charge in [0.15, 0.2) is 15.6 Å². The second kappa shape index (κ2) is 8.28. The van der Waals surface area contributed by atoms with Crippen LogP contribution in [-0.2, 0) is 15.6 Å². The minimum atomic E-state index is -3.66. The van der Waals surface area contributed by atoms with E-state index in [1.165, 1.54) is 36.6 Å². The molecule has 0 saturated heterocycles. The van der Waals surface area contributed by atoms with Crippen LogP contribution in [-0.4, -0.2) is 20.2 Å². The number of furan rings is 1. The van der Waals surface area contributed by atoms with E-state index in [4.69, 9.17) is 16.0 Å². The second-order valence-corrected chi connectivity index (χ2v) is 8.13. The molecule has 0 spiro atoms. The zero-order valence-corrected chi connectivity index (χ0v) is 16.0. The van der Waals surface area contributed by atoms with E-state index in [-0.39, 0.29) is 26.8 Å². The molecule has 2 amide bonds. The number of hydrazine groups is 1. The summed E-state index contributed by atoms with van der Waals surface area (Å²) in [6.45, 7) is 0. The number of hydrogen-bond donors (Lipinski definition) is 2. The molecule has 2 N–H and O–H groups in total. The molecule has 7 nitrogen and oxygen atoms in total. The summed E-state index contributed by atoms with van der Waals surface area (Å²) in [5.74, 6) is -2.04. The zero-order chi connectivity index (χ0) is 20.1. The standard InChI is InChI=1S/C19H15ClN2O5S/c20-16-9-5-4-8-15(16)18(23)21-22-19(24)17-13(10-11-27-17)12-28(25,26)14-6-2-1-3-7-14/h1-11H,12H2,(H,21,23)(H,22,24). The lowest BCUT2D eigenvalue weighted by Crippen LogP contribution is -2.41. The molecule has 9 heteroatoms. The Balaban J connectivity index is 1.70. The number of amides is 2. The highest BCUT2D eigenvalue weighted by molar-refractivity contribution is 7.90. The predicted molar refractivity (Wildman–Crippen MR) is 102 cm³/mol. The highest BCUT2D eigenvalue weighted by Crippen LogP contribution is 2.20. The van der Waals surface area contributed by atoms with Gasteiger partial charge in [-0.3, -0.25) is 20.4 Å². The van der Waals surface area contributed by atoms with Crippen molar-refractivity contribution in [1.29, 1.82) is 0 Å². The number of nitrogens with one attached hydrogen (secondary N) is 2. The fourth-order valence-corrected chi connectivity index (χ4v) is 4.04. The van der Waals surface area contributed by atoms with Crippen molar-refractivity contribution in [2.75, 3.05) is 0 Å². The number of rotatable bonds is 5. The topological polar surface area (TPSA) is 105 Å². The first-order valence-corrected chi connectivity index (χ1v) is 10.1. The predicted octanol–water partition coefficient (Wildman–Crippen LogP) is 2.98. The third kappa shape index (κ3) is 4.41. The first kappa shape index (κ1) is 19.7. The Labute approximate surface area is 166 Å². The zero-order valence-electron chi connectivity index (χ0n) is 14.4. The van der Waals surface area contributed by atoms with Crippen LogP contribution in [0.1, 0.15) is 26.5 Å². The third-order valence-electron chi connectivity index (χ3n) is 3.81. The van der Waals surface area contributed by atoms with E-state index in [0.29, 0.717) is 0 Å². The summed E-state index contributed by atoms with van der Waals surface area (Å²) >= 11 is 5.93. The number of carbonyl (C=O) groups is 2. The monoisotopic (exact) mass is 418 g/mol. The Hall–Kier alpha value is -3.10. The average molecular weight is 419 g/mol. The molecule has 0 saturated carbocycles. The first-order valence-electron chi connectivity index (χ1n) is 8.08. The van der Waals surface area contributed by atoms with Crippen molar-refractivity contribution in [2.45, 2.75) is 10.6 Å². The summed E-state index contributed by atoms with van der Waals surface area (Å²) in [5, 5.41) is 0.224. The van der Waals surface area contributed by atoms with Crippen LogP contribution in [0.15, 0.2) is 76.2 Å². The van der Waals surface area contributed by atoms with Gasteiger partial charge in [0.25, 0.3) is 5.91 Å². The molecule has 0 unspecified atom stereocenters. The molecule has 144 valence electrons. The lowest BCUT2D eigenvalue weighted by molar-refractivity contribution is 0.0830. The van der Waals surface area contributed by atoms with Crippen molar-refractivity contribution in [2.24, 2.45) is 0 Å². The molecule has 0 radical (unpaired) electrons. The van der Waals surface area contributed by atoms with Crippen molar-refractivity contribution in [1.82, 2.24) is 10.9 Å². The number of hydrogen-bond acceptors (Lipinski definition) is 5. The lowest BCUT2D eigenvalue weighted by Gasteiger charge is -2.08. The maximum Gasteiger partial charge on any atom is 0.305 e. The van der Waals surface area contributed by atoms with Gasteiger partial charge >= 0.3 is 5.91 Å². The molecule has 0 atom stereocenters. The second-order valence-electron chi connectivity index (χ2n) is 5.74. The molecule has 0 aliphatic rings. The van der Waals surface area contributed by atoms with Crippen LogP contribution in [0.4, 0.5) is 0 Å². The number of benzene rings is 2. The van der Waals surface area contributed by atoms with Crippen molar-refractivity contribution in [3.05, 3.63) is 88.8 Å². The van der Waals surface area contributed by atoms with E-state index in [1.54, 1.807) is 30.3 Å². The van der Waals surface area contributed by atoms with Crippen LogP contribution in [0.25, 0.3) is 0 Å². The number of sulfone groups is 1. The summed E-state index contributed by atoms with van der Waals surface area (Å²) in [7, 11) is -3.66. The van der Waals surface area contributed by atoms with Gasteiger partial charge in [-0.15, -0.1) is 0 Å². The van der Waals surface area contributed by atoms with E-state index >= 15 is 0 Å². The maximum atomic E-state index is 12.5. The Kier molecular flexibility index (Phi) is 5.81. The van der Waals surface area contributed by atoms with Crippen LogP contribution >= 0.6 is 11.6 Å². The summed E-state index contributed by atoms with van der Waals surface area (Å²) in [4.78, 5) is 24.6. The van der Waals surface area contributed by atoms with Crippen LogP contribution in [0.3, 0.4) is 0 Å². The van der Waals surface area contributed by atoms with Crippen molar-refractivity contribution >= 4 is 33.3 Å². The Morgan fingerprint density at radius 1 is 0.893 bits per heavy atom. The largest absolute Gasteiger partial charge is 0.459 e. The minimum Gasteiger partial charge on any atom is -0.459 e. The molecule has 0 bridgehead atoms. The van der Waals surface area contributed by atoms with Crippen LogP contribution in [0.5, 0.6) is 0 Å². The molecule has 1 aromatic heterocycles. The van der Waals surface area contributed by atoms with E-state index in [9.17, 15) is 18.0 Å². The van der Waals surface area contributed by atoms with Crippen molar-refractivity contribution in [3.63, 3.8) is 0 Å². The molecule has 0 aliphatic carbocycles. The number of carbonyl (C=O) groups excluding carboxylic acids is 2. The van der Waals surface area contributed by atoms with Gasteiger partial charge in [-0.2, -0.15) is 0 Å². The molecule has 1 heterocycles. The normalized spacial score (nSPS) is 11.0. The summed E-state index contributed by atoms with van der Waals surface area (Å²) in [5.41, 5.74) is 4.76. The highest BCUT2D eigenvalue weighted by Gasteiger charge is 2.23. The number of halogens is 1. The molecule has 2 aromatic carbocycles. The molecule has 3 rings (SSSR count). The van der Waals surface area contributed by atoms with Crippen molar-refractivity contribution < 1.29 is 22.4 Å². The summed E-state index contributed by atoms with van der Waals surface area (Å²) in [6, 6.07) is 15.6. The van der Waals surface area contributed by atoms with Gasteiger partial charge in [0.2, 0.25) is 0 Å². The van der Waals surface area contributed by atoms with Gasteiger partial charge in [0, 0.05) is 5.56 Å². The summed E-state index contributed by atoms with van der Waals surface area (Å²) in [6.07, 6.45) is 1.21. The maximum absolute atomic E-state index is 12.5. The fraction of sp³-hybridized carbons (Fsp3) is 0.0526.